The van der Waals surface area contributed by atoms with Gasteiger partial charge in [-0.2, -0.15) is 0 Å². The molecule has 0 saturated heterocycles. The summed E-state index contributed by atoms with van der Waals surface area (Å²) >= 11 is 0. The van der Waals surface area contributed by atoms with Crippen LogP contribution >= 0.6 is 0 Å². The molecule has 0 heterocycles. The van der Waals surface area contributed by atoms with E-state index in [0.29, 0.717) is 12.1 Å². The van der Waals surface area contributed by atoms with Crippen LogP contribution in [0.25, 0.3) is 0 Å². The Morgan fingerprint density at radius 3 is 2.14 bits per heavy atom. The number of benzene rings is 3. The number of aryl methyl sites for hydroxylation is 2. The first kappa shape index (κ1) is 31.3. The smallest absolute Gasteiger partial charge is 0.244 e. The summed E-state index contributed by atoms with van der Waals surface area (Å²) in [5, 5.41) is 3.24. The third-order valence-corrected chi connectivity index (χ3v) is 9.28. The summed E-state index contributed by atoms with van der Waals surface area (Å²) in [5.74, 6) is -0.631. The highest BCUT2D eigenvalue weighted by Crippen LogP contribution is 2.23. The van der Waals surface area contributed by atoms with Gasteiger partial charge in [-0.1, -0.05) is 92.9 Å². The second-order valence-electron chi connectivity index (χ2n) is 11.3. The number of amides is 2. The maximum Gasteiger partial charge on any atom is 0.244 e. The van der Waals surface area contributed by atoms with Gasteiger partial charge in [-0.25, -0.2) is 8.42 Å². The Labute approximate surface area is 251 Å². The Morgan fingerprint density at radius 1 is 0.881 bits per heavy atom. The standard InChI is InChI=1S/C34H43N3O4S/c1-4-27-19-21-31(22-20-27)37(42(3,40)41)25-33(38)36(24-29-16-12-11-13-26(29)2)32(23-28-14-7-5-8-15-28)34(39)35-30-17-9-6-10-18-30/h5,7-8,11-16,19-22,30,32H,4,6,9-10,17-18,23-25H2,1-3H3,(H,35,39)/t32-/m1/s1. The van der Waals surface area contributed by atoms with E-state index >= 15 is 0 Å². The van der Waals surface area contributed by atoms with Gasteiger partial charge in [0.25, 0.3) is 0 Å². The van der Waals surface area contributed by atoms with Crippen molar-refractivity contribution in [2.75, 3.05) is 17.1 Å². The molecule has 42 heavy (non-hydrogen) atoms. The highest BCUT2D eigenvalue weighted by Gasteiger charge is 2.34. The molecule has 0 unspecified atom stereocenters. The molecular formula is C34H43N3O4S. The number of nitrogens with zero attached hydrogens (tertiary/aromatic N) is 2. The zero-order chi connectivity index (χ0) is 30.1. The molecular weight excluding hydrogens is 546 g/mol. The van der Waals surface area contributed by atoms with Gasteiger partial charge in [-0.15, -0.1) is 0 Å². The van der Waals surface area contributed by atoms with E-state index in [1.165, 1.54) is 0 Å². The summed E-state index contributed by atoms with van der Waals surface area (Å²) in [6.07, 6.45) is 7.40. The summed E-state index contributed by atoms with van der Waals surface area (Å²) in [6, 6.07) is 23.9. The van der Waals surface area contributed by atoms with Gasteiger partial charge >= 0.3 is 0 Å². The lowest BCUT2D eigenvalue weighted by Gasteiger charge is -2.35. The lowest BCUT2D eigenvalue weighted by molar-refractivity contribution is -0.140. The molecule has 8 heteroatoms. The van der Waals surface area contributed by atoms with E-state index in [0.717, 1.165) is 71.3 Å². The van der Waals surface area contributed by atoms with Crippen molar-refractivity contribution in [2.24, 2.45) is 0 Å². The molecule has 0 bridgehead atoms. The number of sulfonamides is 1. The number of carbonyl (C=O) groups is 2. The maximum absolute atomic E-state index is 14.3. The second kappa shape index (κ2) is 14.5. The third-order valence-electron chi connectivity index (χ3n) is 8.14. The van der Waals surface area contributed by atoms with E-state index in [-0.39, 0.29) is 18.5 Å². The highest BCUT2D eigenvalue weighted by molar-refractivity contribution is 7.92. The minimum Gasteiger partial charge on any atom is -0.352 e. The highest BCUT2D eigenvalue weighted by atomic mass is 32.2. The average molecular weight is 590 g/mol. The maximum atomic E-state index is 14.3. The molecule has 0 radical (unpaired) electrons. The lowest BCUT2D eigenvalue weighted by Crippen LogP contribution is -2.55. The van der Waals surface area contributed by atoms with Crippen LogP contribution in [0.5, 0.6) is 0 Å². The van der Waals surface area contributed by atoms with Crippen molar-refractivity contribution >= 4 is 27.5 Å². The molecule has 3 aromatic carbocycles. The minimum absolute atomic E-state index is 0.0736. The monoisotopic (exact) mass is 589 g/mol. The predicted octanol–water partition coefficient (Wildman–Crippen LogP) is 5.41. The van der Waals surface area contributed by atoms with Crippen LogP contribution in [-0.2, 0) is 39.0 Å². The van der Waals surface area contributed by atoms with Crippen molar-refractivity contribution in [3.8, 4) is 0 Å². The van der Waals surface area contributed by atoms with Crippen molar-refractivity contribution < 1.29 is 18.0 Å². The van der Waals surface area contributed by atoms with Crippen molar-refractivity contribution in [2.45, 2.75) is 77.4 Å². The van der Waals surface area contributed by atoms with Crippen molar-refractivity contribution in [1.29, 1.82) is 0 Å². The molecule has 1 saturated carbocycles. The van der Waals surface area contributed by atoms with Gasteiger partial charge < -0.3 is 10.2 Å². The Kier molecular flexibility index (Phi) is 10.8. The minimum atomic E-state index is -3.79. The molecule has 1 N–H and O–H groups in total. The SMILES string of the molecule is CCc1ccc(N(CC(=O)N(Cc2ccccc2C)[C@H](Cc2ccccc2)C(=O)NC2CCCCC2)S(C)(=O)=O)cc1. The largest absolute Gasteiger partial charge is 0.352 e. The Bertz CT molecular complexity index is 1440. The topological polar surface area (TPSA) is 86.8 Å². The van der Waals surface area contributed by atoms with Crippen molar-refractivity contribution in [3.63, 3.8) is 0 Å². The third kappa shape index (κ3) is 8.44. The number of rotatable bonds is 12. The van der Waals surface area contributed by atoms with E-state index in [9.17, 15) is 18.0 Å². The molecule has 0 aliphatic heterocycles. The number of carbonyl (C=O) groups excluding carboxylic acids is 2. The van der Waals surface area contributed by atoms with Crippen LogP contribution in [0.3, 0.4) is 0 Å². The summed E-state index contributed by atoms with van der Waals surface area (Å²) in [5.41, 5.74) is 4.33. The molecule has 1 atom stereocenters. The van der Waals surface area contributed by atoms with E-state index in [1.54, 1.807) is 17.0 Å². The summed E-state index contributed by atoms with van der Waals surface area (Å²) in [4.78, 5) is 29.9. The number of nitrogens with one attached hydrogen (secondary N) is 1. The van der Waals surface area contributed by atoms with Crippen molar-refractivity contribution in [3.05, 3.63) is 101 Å². The van der Waals surface area contributed by atoms with Crippen LogP contribution in [0.1, 0.15) is 61.3 Å². The lowest BCUT2D eigenvalue weighted by atomic mass is 9.94. The summed E-state index contributed by atoms with van der Waals surface area (Å²) < 4.78 is 27.1. The molecule has 3 aromatic rings. The fraction of sp³-hybridized carbons (Fsp3) is 0.412. The molecule has 2 amide bonds. The second-order valence-corrected chi connectivity index (χ2v) is 13.2. The van der Waals surface area contributed by atoms with Gasteiger partial charge in [0, 0.05) is 19.0 Å². The fourth-order valence-corrected chi connectivity index (χ4v) is 6.43. The molecule has 0 aromatic heterocycles. The number of anilines is 1. The zero-order valence-corrected chi connectivity index (χ0v) is 25.8. The van der Waals surface area contributed by atoms with Crippen LogP contribution in [0.2, 0.25) is 0 Å². The summed E-state index contributed by atoms with van der Waals surface area (Å²) in [6.45, 7) is 3.79. The van der Waals surface area contributed by atoms with Crippen LogP contribution in [0, 0.1) is 6.92 Å². The molecule has 1 aliphatic carbocycles. The molecule has 1 aliphatic rings. The zero-order valence-electron chi connectivity index (χ0n) is 25.0. The molecule has 7 nitrogen and oxygen atoms in total. The first-order valence-electron chi connectivity index (χ1n) is 14.9. The predicted molar refractivity (Wildman–Crippen MR) is 169 cm³/mol. The molecule has 224 valence electrons. The van der Waals surface area contributed by atoms with Crippen LogP contribution in [0.15, 0.2) is 78.9 Å². The number of hydrogen-bond acceptors (Lipinski definition) is 4. The Balaban J connectivity index is 1.72. The molecule has 4 rings (SSSR count). The first-order valence-corrected chi connectivity index (χ1v) is 16.8. The molecule has 1 fully saturated rings. The normalized spacial score (nSPS) is 14.6. The van der Waals surface area contributed by atoms with Crippen LogP contribution in [0.4, 0.5) is 5.69 Å². The van der Waals surface area contributed by atoms with Gasteiger partial charge in [0.1, 0.15) is 12.6 Å². The van der Waals surface area contributed by atoms with E-state index < -0.39 is 28.5 Å². The van der Waals surface area contributed by atoms with Crippen LogP contribution < -0.4 is 9.62 Å². The summed E-state index contributed by atoms with van der Waals surface area (Å²) in [7, 11) is -3.79. The van der Waals surface area contributed by atoms with Gasteiger partial charge in [0.2, 0.25) is 21.8 Å². The van der Waals surface area contributed by atoms with E-state index in [2.05, 4.69) is 5.32 Å². The Hall–Kier alpha value is -3.65. The van der Waals surface area contributed by atoms with Crippen molar-refractivity contribution in [1.82, 2.24) is 10.2 Å². The Morgan fingerprint density at radius 2 is 1.52 bits per heavy atom. The average Bonchev–Trinajstić information content (AvgIpc) is 2.99. The molecule has 0 spiro atoms. The van der Waals surface area contributed by atoms with E-state index in [1.807, 2.05) is 80.6 Å². The quantitative estimate of drug-likeness (QED) is 0.306. The van der Waals surface area contributed by atoms with Gasteiger partial charge in [0.05, 0.1) is 11.9 Å². The van der Waals surface area contributed by atoms with Gasteiger partial charge in [-0.05, 0) is 60.6 Å². The van der Waals surface area contributed by atoms with Crippen LogP contribution in [-0.4, -0.2) is 50.0 Å². The first-order chi connectivity index (χ1) is 20.2. The van der Waals surface area contributed by atoms with E-state index in [4.69, 9.17) is 0 Å². The van der Waals surface area contributed by atoms with Gasteiger partial charge in [0.15, 0.2) is 0 Å². The fourth-order valence-electron chi connectivity index (χ4n) is 5.58. The van der Waals surface area contributed by atoms with Gasteiger partial charge in [-0.3, -0.25) is 13.9 Å². The number of hydrogen-bond donors (Lipinski definition) is 1.